The maximum absolute atomic E-state index is 12.0. The van der Waals surface area contributed by atoms with E-state index in [1.165, 1.54) is 34.0 Å². The van der Waals surface area contributed by atoms with E-state index < -0.39 is 7.26 Å². The van der Waals surface area contributed by atoms with Gasteiger partial charge < -0.3 is 0 Å². The van der Waals surface area contributed by atoms with Gasteiger partial charge in [0, 0.05) is 0 Å². The van der Waals surface area contributed by atoms with Crippen molar-refractivity contribution < 1.29 is 9.53 Å². The van der Waals surface area contributed by atoms with E-state index in [2.05, 4.69) is 135 Å². The molecule has 0 fully saturated rings. The molecule has 0 radical (unpaired) electrons. The Morgan fingerprint density at radius 3 is 1.76 bits per heavy atom. The van der Waals surface area contributed by atoms with Crippen molar-refractivity contribution >= 4 is 29.1 Å². The Hall–Kier alpha value is -4.26. The maximum atomic E-state index is 12.0. The first kappa shape index (κ1) is 29.2. The molecule has 0 aromatic heterocycles. The second kappa shape index (κ2) is 13.6. The number of ether oxygens (including phenoxy) is 1. The molecular weight excluding hydrogens is 531 g/mol. The van der Waals surface area contributed by atoms with Gasteiger partial charge in [0.25, 0.3) is 0 Å². The summed E-state index contributed by atoms with van der Waals surface area (Å²) in [6.45, 7) is 7.47. The molecule has 0 bridgehead atoms. The average molecular weight is 571 g/mol. The van der Waals surface area contributed by atoms with E-state index in [-0.39, 0.29) is 5.97 Å². The van der Waals surface area contributed by atoms with Crippen molar-refractivity contribution in [3.8, 4) is 16.9 Å². The van der Waals surface area contributed by atoms with Crippen LogP contribution in [0.3, 0.4) is 0 Å². The monoisotopic (exact) mass is 570 g/mol. The summed E-state index contributed by atoms with van der Waals surface area (Å²) in [6.07, 6.45) is 5.76. The molecule has 0 spiro atoms. The van der Waals surface area contributed by atoms with Crippen molar-refractivity contribution in [2.45, 2.75) is 33.1 Å². The average Bonchev–Trinajstić information content (AvgIpc) is 3.02. The van der Waals surface area contributed by atoms with Gasteiger partial charge in [-0.1, -0.05) is 0 Å². The molecule has 42 heavy (non-hydrogen) atoms. The molecule has 5 aromatic rings. The van der Waals surface area contributed by atoms with Crippen LogP contribution >= 0.6 is 7.26 Å². The van der Waals surface area contributed by atoms with Crippen molar-refractivity contribution in [1.82, 2.24) is 0 Å². The molecule has 5 aromatic carbocycles. The van der Waals surface area contributed by atoms with Crippen LogP contribution in [-0.2, 0) is 17.6 Å². The van der Waals surface area contributed by atoms with E-state index in [0.29, 0.717) is 5.75 Å². The summed E-state index contributed by atoms with van der Waals surface area (Å²) in [4.78, 5) is 12.0. The molecular formula is C39H39O2P. The predicted molar refractivity (Wildman–Crippen MR) is 182 cm³/mol. The summed E-state index contributed by atoms with van der Waals surface area (Å²) in [5.41, 5.74) is 5.63. The molecule has 0 aliphatic rings. The van der Waals surface area contributed by atoms with Crippen LogP contribution in [0, 0.1) is 6.92 Å². The van der Waals surface area contributed by atoms with Crippen LogP contribution in [0.1, 0.15) is 30.0 Å². The Labute approximate surface area is 251 Å². The summed E-state index contributed by atoms with van der Waals surface area (Å²) in [5, 5.41) is 4.30. The Morgan fingerprint density at radius 2 is 1.24 bits per heavy atom. The fourth-order valence-corrected chi connectivity index (χ4v) is 11.0. The van der Waals surface area contributed by atoms with Crippen molar-refractivity contribution in [2.24, 2.45) is 0 Å². The van der Waals surface area contributed by atoms with E-state index in [4.69, 9.17) is 4.74 Å². The van der Waals surface area contributed by atoms with E-state index in [1.807, 2.05) is 12.1 Å². The van der Waals surface area contributed by atoms with Crippen molar-refractivity contribution in [3.63, 3.8) is 0 Å². The number of carbonyl (C=O) groups is 1. The Morgan fingerprint density at radius 1 is 0.714 bits per heavy atom. The number of carbonyl (C=O) groups excluding carboxylic acids is 1. The van der Waals surface area contributed by atoms with Gasteiger partial charge in [-0.25, -0.2) is 0 Å². The summed E-state index contributed by atoms with van der Waals surface area (Å²) >= 11 is 0. The molecule has 0 saturated heterocycles. The number of benzene rings is 5. The SMILES string of the molecule is C=CCc1ccc(C)c(-c2cc(CCC[PH](c3ccccc3)(c3ccccc3)c3ccccc3)ccc2OC(C)=O)c1. The van der Waals surface area contributed by atoms with Crippen LogP contribution in [-0.4, -0.2) is 12.1 Å². The normalized spacial score (nSPS) is 11.6. The zero-order chi connectivity index (χ0) is 29.4. The summed E-state index contributed by atoms with van der Waals surface area (Å²) in [7, 11) is -2.29. The van der Waals surface area contributed by atoms with Gasteiger partial charge in [0.2, 0.25) is 0 Å². The Balaban J connectivity index is 1.52. The Bertz CT molecular complexity index is 1550. The molecule has 0 heterocycles. The van der Waals surface area contributed by atoms with Crippen LogP contribution in [0.2, 0.25) is 0 Å². The third-order valence-electron chi connectivity index (χ3n) is 8.09. The first-order valence-electron chi connectivity index (χ1n) is 14.7. The van der Waals surface area contributed by atoms with Crippen molar-refractivity contribution in [2.75, 3.05) is 6.16 Å². The second-order valence-electron chi connectivity index (χ2n) is 10.9. The standard InChI is InChI=1S/C39H39O2P/c1-4-15-32-24-23-30(2)37(28-32)38-29-33(25-26-39(38)41-31(3)40)16-14-27-42(34-17-8-5-9-18-34,35-19-10-6-11-20-35)36-21-12-7-13-22-36/h4-13,17-26,28-29,42H,1,14-16,27H2,2-3H3. The van der Waals surface area contributed by atoms with Gasteiger partial charge in [-0.05, 0) is 0 Å². The number of esters is 1. The molecule has 0 unspecified atom stereocenters. The number of hydrogen-bond donors (Lipinski definition) is 0. The molecule has 0 atom stereocenters. The minimum atomic E-state index is -2.29. The Kier molecular flexibility index (Phi) is 9.47. The molecule has 5 rings (SSSR count). The number of aryl methyl sites for hydroxylation is 2. The van der Waals surface area contributed by atoms with Gasteiger partial charge in [-0.3, -0.25) is 0 Å². The second-order valence-corrected chi connectivity index (χ2v) is 15.0. The summed E-state index contributed by atoms with van der Waals surface area (Å²) in [5.74, 6) is 0.292. The number of allylic oxidation sites excluding steroid dienone is 1. The summed E-state index contributed by atoms with van der Waals surface area (Å²) in [6, 6.07) is 46.0. The van der Waals surface area contributed by atoms with Gasteiger partial charge in [0.05, 0.1) is 0 Å². The number of rotatable bonds is 11. The molecule has 0 amide bonds. The molecule has 2 nitrogen and oxygen atoms in total. The van der Waals surface area contributed by atoms with E-state index >= 15 is 0 Å². The summed E-state index contributed by atoms with van der Waals surface area (Å²) < 4.78 is 5.69. The van der Waals surface area contributed by atoms with Gasteiger partial charge in [0.1, 0.15) is 0 Å². The van der Waals surface area contributed by atoms with Crippen molar-refractivity contribution in [1.29, 1.82) is 0 Å². The van der Waals surface area contributed by atoms with Gasteiger partial charge in [-0.15, -0.1) is 0 Å². The first-order chi connectivity index (χ1) is 20.5. The number of hydrogen-bond acceptors (Lipinski definition) is 2. The molecule has 212 valence electrons. The molecule has 0 aliphatic heterocycles. The van der Waals surface area contributed by atoms with Gasteiger partial charge in [-0.2, -0.15) is 0 Å². The zero-order valence-electron chi connectivity index (χ0n) is 24.6. The van der Waals surface area contributed by atoms with Gasteiger partial charge in [0.15, 0.2) is 0 Å². The molecule has 0 aliphatic carbocycles. The van der Waals surface area contributed by atoms with Crippen LogP contribution in [0.15, 0.2) is 140 Å². The fraction of sp³-hybridized carbons (Fsp3) is 0.154. The van der Waals surface area contributed by atoms with Crippen LogP contribution < -0.4 is 20.7 Å². The van der Waals surface area contributed by atoms with Crippen LogP contribution in [0.5, 0.6) is 5.75 Å². The quantitative estimate of drug-likeness (QED) is 0.0697. The van der Waals surface area contributed by atoms with Crippen LogP contribution in [0.4, 0.5) is 0 Å². The third kappa shape index (κ3) is 6.46. The van der Waals surface area contributed by atoms with E-state index in [1.54, 1.807) is 0 Å². The minimum absolute atomic E-state index is 0.312. The fourth-order valence-electron chi connectivity index (χ4n) is 6.10. The van der Waals surface area contributed by atoms with E-state index in [9.17, 15) is 4.79 Å². The molecule has 0 N–H and O–H groups in total. The first-order valence-corrected chi connectivity index (χ1v) is 16.9. The van der Waals surface area contributed by atoms with Gasteiger partial charge >= 0.3 is 252 Å². The third-order valence-corrected chi connectivity index (χ3v) is 13.1. The van der Waals surface area contributed by atoms with Crippen molar-refractivity contribution in [3.05, 3.63) is 157 Å². The molecule has 3 heteroatoms. The topological polar surface area (TPSA) is 26.3 Å². The van der Waals surface area contributed by atoms with Crippen LogP contribution in [0.25, 0.3) is 11.1 Å². The molecule has 0 saturated carbocycles. The predicted octanol–water partition coefficient (Wildman–Crippen LogP) is 7.97. The van der Waals surface area contributed by atoms with E-state index in [0.717, 1.165) is 42.1 Å². The zero-order valence-corrected chi connectivity index (χ0v) is 25.6.